The van der Waals surface area contributed by atoms with Gasteiger partial charge in [-0.05, 0) is 54.9 Å². The first kappa shape index (κ1) is 20.2. The summed E-state index contributed by atoms with van der Waals surface area (Å²) in [6, 6.07) is 16.6. The van der Waals surface area contributed by atoms with Gasteiger partial charge in [0.15, 0.2) is 0 Å². The summed E-state index contributed by atoms with van der Waals surface area (Å²) < 4.78 is 0. The third kappa shape index (κ3) is 5.73. The molecule has 0 radical (unpaired) electrons. The molecule has 0 aliphatic carbocycles. The Morgan fingerprint density at radius 3 is 2.14 bits per heavy atom. The highest BCUT2D eigenvalue weighted by molar-refractivity contribution is 5.91. The molecule has 2 aromatic carbocycles. The van der Waals surface area contributed by atoms with Gasteiger partial charge in [-0.2, -0.15) is 0 Å². The molecule has 0 saturated carbocycles. The molecular weight excluding hydrogens is 348 g/mol. The van der Waals surface area contributed by atoms with Crippen LogP contribution >= 0.6 is 0 Å². The lowest BCUT2D eigenvalue weighted by Gasteiger charge is -2.34. The Labute approximate surface area is 168 Å². The molecule has 1 heterocycles. The van der Waals surface area contributed by atoms with Crippen LogP contribution in [-0.2, 0) is 4.79 Å². The average Bonchev–Trinajstić information content (AvgIpc) is 2.69. The van der Waals surface area contributed by atoms with Crippen molar-refractivity contribution in [3.05, 3.63) is 54.1 Å². The number of nitrogens with zero attached hydrogens (tertiary/aromatic N) is 2. The first-order chi connectivity index (χ1) is 13.5. The molecule has 1 saturated heterocycles. The normalized spacial score (nSPS) is 14.9. The van der Waals surface area contributed by atoms with Crippen LogP contribution in [0.25, 0.3) is 0 Å². The molecule has 0 atom stereocenters. The molecule has 28 heavy (non-hydrogen) atoms. The molecule has 5 nitrogen and oxygen atoms in total. The largest absolute Gasteiger partial charge is 0.385 e. The summed E-state index contributed by atoms with van der Waals surface area (Å²) >= 11 is 0. The average molecular weight is 381 g/mol. The highest BCUT2D eigenvalue weighted by Gasteiger charge is 2.13. The van der Waals surface area contributed by atoms with Crippen LogP contribution < -0.4 is 15.5 Å². The molecule has 2 aromatic rings. The maximum absolute atomic E-state index is 12.1. The van der Waals surface area contributed by atoms with E-state index in [0.717, 1.165) is 37.6 Å². The van der Waals surface area contributed by atoms with Crippen molar-refractivity contribution in [1.82, 2.24) is 4.90 Å². The number of carbonyl (C=O) groups is 1. The van der Waals surface area contributed by atoms with Crippen LogP contribution in [0.4, 0.5) is 17.1 Å². The second kappa shape index (κ2) is 9.60. The van der Waals surface area contributed by atoms with Crippen LogP contribution in [0.1, 0.15) is 31.7 Å². The maximum atomic E-state index is 12.1. The first-order valence-corrected chi connectivity index (χ1v) is 10.2. The number of anilines is 3. The Hall–Kier alpha value is -2.53. The standard InChI is InChI=1S/C23H32N4O/c1-18(2)19-4-6-21(7-5-19)25-23(28)12-13-24-20-8-10-22(11-9-20)27-16-14-26(3)15-17-27/h4-11,18,24H,12-17H2,1-3H3,(H,25,28). The van der Waals surface area contributed by atoms with Crippen molar-refractivity contribution in [2.75, 3.05) is 55.3 Å². The lowest BCUT2D eigenvalue weighted by molar-refractivity contribution is -0.115. The number of likely N-dealkylation sites (N-methyl/N-ethyl adjacent to an activating group) is 1. The van der Waals surface area contributed by atoms with Crippen LogP contribution in [0.5, 0.6) is 0 Å². The molecule has 1 amide bonds. The molecule has 1 fully saturated rings. The smallest absolute Gasteiger partial charge is 0.226 e. The fourth-order valence-corrected chi connectivity index (χ4v) is 3.35. The van der Waals surface area contributed by atoms with Crippen LogP contribution in [0.3, 0.4) is 0 Å². The zero-order valence-corrected chi connectivity index (χ0v) is 17.2. The van der Waals surface area contributed by atoms with Crippen molar-refractivity contribution in [2.24, 2.45) is 0 Å². The molecule has 2 N–H and O–H groups in total. The van der Waals surface area contributed by atoms with E-state index in [0.29, 0.717) is 18.9 Å². The van der Waals surface area contributed by atoms with E-state index in [1.807, 2.05) is 12.1 Å². The fraction of sp³-hybridized carbons (Fsp3) is 0.435. The predicted octanol–water partition coefficient (Wildman–Crippen LogP) is 4.00. The van der Waals surface area contributed by atoms with Crippen molar-refractivity contribution in [3.63, 3.8) is 0 Å². The van der Waals surface area contributed by atoms with E-state index >= 15 is 0 Å². The van der Waals surface area contributed by atoms with Gasteiger partial charge in [-0.1, -0.05) is 26.0 Å². The summed E-state index contributed by atoms with van der Waals surface area (Å²) in [4.78, 5) is 16.9. The number of rotatable bonds is 7. The molecule has 1 aliphatic heterocycles. The molecular formula is C23H32N4O. The molecule has 1 aliphatic rings. The lowest BCUT2D eigenvalue weighted by Crippen LogP contribution is -2.44. The van der Waals surface area contributed by atoms with Gasteiger partial charge in [-0.15, -0.1) is 0 Å². The van der Waals surface area contributed by atoms with E-state index in [1.54, 1.807) is 0 Å². The van der Waals surface area contributed by atoms with Crippen molar-refractivity contribution < 1.29 is 4.79 Å². The maximum Gasteiger partial charge on any atom is 0.226 e. The molecule has 5 heteroatoms. The Morgan fingerprint density at radius 2 is 1.54 bits per heavy atom. The molecule has 0 bridgehead atoms. The van der Waals surface area contributed by atoms with Crippen LogP contribution in [-0.4, -0.2) is 50.6 Å². The number of hydrogen-bond acceptors (Lipinski definition) is 4. The number of benzene rings is 2. The second-order valence-electron chi connectivity index (χ2n) is 7.84. The van der Waals surface area contributed by atoms with Crippen molar-refractivity contribution in [1.29, 1.82) is 0 Å². The molecule has 150 valence electrons. The fourth-order valence-electron chi connectivity index (χ4n) is 3.35. The van der Waals surface area contributed by atoms with Gasteiger partial charge in [0, 0.05) is 56.2 Å². The molecule has 0 aromatic heterocycles. The quantitative estimate of drug-likeness (QED) is 0.762. The molecule has 0 unspecified atom stereocenters. The van der Waals surface area contributed by atoms with Crippen molar-refractivity contribution in [2.45, 2.75) is 26.2 Å². The van der Waals surface area contributed by atoms with Gasteiger partial charge in [0.2, 0.25) is 5.91 Å². The zero-order valence-electron chi connectivity index (χ0n) is 17.2. The summed E-state index contributed by atoms with van der Waals surface area (Å²) in [5.41, 5.74) is 4.44. The van der Waals surface area contributed by atoms with Gasteiger partial charge in [0.05, 0.1) is 0 Å². The summed E-state index contributed by atoms with van der Waals surface area (Å²) in [7, 11) is 2.17. The third-order valence-electron chi connectivity index (χ3n) is 5.28. The highest BCUT2D eigenvalue weighted by atomic mass is 16.1. The second-order valence-corrected chi connectivity index (χ2v) is 7.84. The van der Waals surface area contributed by atoms with Gasteiger partial charge in [0.1, 0.15) is 0 Å². The summed E-state index contributed by atoms with van der Waals surface area (Å²) in [5.74, 6) is 0.524. The monoisotopic (exact) mass is 380 g/mol. The highest BCUT2D eigenvalue weighted by Crippen LogP contribution is 2.20. The van der Waals surface area contributed by atoms with E-state index in [2.05, 4.69) is 77.7 Å². The van der Waals surface area contributed by atoms with Crippen molar-refractivity contribution in [3.8, 4) is 0 Å². The van der Waals surface area contributed by atoms with E-state index in [4.69, 9.17) is 0 Å². The van der Waals surface area contributed by atoms with E-state index < -0.39 is 0 Å². The number of nitrogens with one attached hydrogen (secondary N) is 2. The van der Waals surface area contributed by atoms with E-state index in [1.165, 1.54) is 11.3 Å². The van der Waals surface area contributed by atoms with Crippen LogP contribution in [0.2, 0.25) is 0 Å². The van der Waals surface area contributed by atoms with Crippen molar-refractivity contribution >= 4 is 23.0 Å². The molecule has 3 rings (SSSR count). The van der Waals surface area contributed by atoms with Gasteiger partial charge in [-0.25, -0.2) is 0 Å². The SMILES string of the molecule is CC(C)c1ccc(NC(=O)CCNc2ccc(N3CCN(C)CC3)cc2)cc1. The number of carbonyl (C=O) groups excluding carboxylic acids is 1. The van der Waals surface area contributed by atoms with Gasteiger partial charge >= 0.3 is 0 Å². The topological polar surface area (TPSA) is 47.6 Å². The Bertz CT molecular complexity index is 747. The zero-order chi connectivity index (χ0) is 19.9. The van der Waals surface area contributed by atoms with Gasteiger partial charge < -0.3 is 20.4 Å². The number of hydrogen-bond donors (Lipinski definition) is 2. The minimum absolute atomic E-state index is 0.0267. The first-order valence-electron chi connectivity index (χ1n) is 10.2. The minimum Gasteiger partial charge on any atom is -0.385 e. The van der Waals surface area contributed by atoms with Gasteiger partial charge in [0.25, 0.3) is 0 Å². The number of amides is 1. The lowest BCUT2D eigenvalue weighted by atomic mass is 10.0. The summed E-state index contributed by atoms with van der Waals surface area (Å²) in [6.07, 6.45) is 0.437. The van der Waals surface area contributed by atoms with Crippen LogP contribution in [0.15, 0.2) is 48.5 Å². The summed E-state index contributed by atoms with van der Waals surface area (Å²) in [6.45, 7) is 9.30. The Kier molecular flexibility index (Phi) is 6.93. The van der Waals surface area contributed by atoms with E-state index in [9.17, 15) is 4.79 Å². The Morgan fingerprint density at radius 1 is 0.929 bits per heavy atom. The van der Waals surface area contributed by atoms with Gasteiger partial charge in [-0.3, -0.25) is 4.79 Å². The minimum atomic E-state index is 0.0267. The Balaban J connectivity index is 1.41. The number of piperazine rings is 1. The third-order valence-corrected chi connectivity index (χ3v) is 5.28. The predicted molar refractivity (Wildman–Crippen MR) is 118 cm³/mol. The molecule has 0 spiro atoms. The van der Waals surface area contributed by atoms with Crippen LogP contribution in [0, 0.1) is 0 Å². The van der Waals surface area contributed by atoms with E-state index in [-0.39, 0.29) is 5.91 Å². The summed E-state index contributed by atoms with van der Waals surface area (Å²) in [5, 5.41) is 6.30.